The third kappa shape index (κ3) is 3.01. The molecule has 0 radical (unpaired) electrons. The van der Waals surface area contributed by atoms with Crippen molar-refractivity contribution in [2.75, 3.05) is 30.4 Å². The second kappa shape index (κ2) is 6.65. The van der Waals surface area contributed by atoms with Gasteiger partial charge in [-0.15, -0.1) is 11.3 Å². The van der Waals surface area contributed by atoms with E-state index in [1.165, 1.54) is 4.70 Å². The lowest BCUT2D eigenvalue weighted by molar-refractivity contribution is 0.415. The van der Waals surface area contributed by atoms with Gasteiger partial charge in [0.05, 0.1) is 17.3 Å². The SMILES string of the molecule is COc1cccc(NC2CCN(c3ncnc4ccsc34)CC2)c1. The van der Waals surface area contributed by atoms with Gasteiger partial charge in [-0.25, -0.2) is 9.97 Å². The van der Waals surface area contributed by atoms with Gasteiger partial charge < -0.3 is 15.0 Å². The molecule has 3 aromatic rings. The van der Waals surface area contributed by atoms with Crippen LogP contribution in [0, 0.1) is 0 Å². The Kier molecular flexibility index (Phi) is 4.21. The van der Waals surface area contributed by atoms with E-state index in [2.05, 4.69) is 37.7 Å². The summed E-state index contributed by atoms with van der Waals surface area (Å²) >= 11 is 1.72. The molecule has 5 nitrogen and oxygen atoms in total. The fourth-order valence-corrected chi connectivity index (χ4v) is 4.05. The predicted octanol–water partition coefficient (Wildman–Crippen LogP) is 3.78. The molecule has 1 aromatic carbocycles. The number of nitrogens with one attached hydrogen (secondary N) is 1. The van der Waals surface area contributed by atoms with Crippen molar-refractivity contribution in [1.29, 1.82) is 0 Å². The lowest BCUT2D eigenvalue weighted by Gasteiger charge is -2.33. The van der Waals surface area contributed by atoms with Crippen LogP contribution in [-0.4, -0.2) is 36.2 Å². The first kappa shape index (κ1) is 15.2. The van der Waals surface area contributed by atoms with E-state index in [0.29, 0.717) is 6.04 Å². The van der Waals surface area contributed by atoms with Crippen molar-refractivity contribution in [3.63, 3.8) is 0 Å². The number of hydrogen-bond acceptors (Lipinski definition) is 6. The van der Waals surface area contributed by atoms with E-state index >= 15 is 0 Å². The van der Waals surface area contributed by atoms with E-state index in [-0.39, 0.29) is 0 Å². The van der Waals surface area contributed by atoms with Crippen molar-refractivity contribution in [3.05, 3.63) is 42.0 Å². The van der Waals surface area contributed by atoms with Gasteiger partial charge in [0.1, 0.15) is 17.9 Å². The van der Waals surface area contributed by atoms with Crippen LogP contribution in [0.2, 0.25) is 0 Å². The molecule has 1 fully saturated rings. The van der Waals surface area contributed by atoms with Gasteiger partial charge in [-0.1, -0.05) is 6.07 Å². The molecule has 0 bridgehead atoms. The van der Waals surface area contributed by atoms with E-state index in [1.807, 2.05) is 18.2 Å². The van der Waals surface area contributed by atoms with Crippen LogP contribution < -0.4 is 15.0 Å². The Labute approximate surface area is 145 Å². The molecule has 0 saturated carbocycles. The number of hydrogen-bond donors (Lipinski definition) is 1. The maximum atomic E-state index is 5.29. The van der Waals surface area contributed by atoms with Gasteiger partial charge in [0.25, 0.3) is 0 Å². The summed E-state index contributed by atoms with van der Waals surface area (Å²) in [4.78, 5) is 11.2. The highest BCUT2D eigenvalue weighted by atomic mass is 32.1. The first-order chi connectivity index (χ1) is 11.8. The first-order valence-electron chi connectivity index (χ1n) is 8.17. The summed E-state index contributed by atoms with van der Waals surface area (Å²) in [6, 6.07) is 10.7. The molecule has 0 aliphatic carbocycles. The molecule has 24 heavy (non-hydrogen) atoms. The average molecular weight is 340 g/mol. The molecule has 0 unspecified atom stereocenters. The highest BCUT2D eigenvalue weighted by Gasteiger charge is 2.22. The summed E-state index contributed by atoms with van der Waals surface area (Å²) in [6.45, 7) is 2.01. The van der Waals surface area contributed by atoms with Gasteiger partial charge in [0, 0.05) is 30.9 Å². The molecule has 1 saturated heterocycles. The van der Waals surface area contributed by atoms with Crippen molar-refractivity contribution in [2.24, 2.45) is 0 Å². The zero-order chi connectivity index (χ0) is 16.4. The number of nitrogens with zero attached hydrogens (tertiary/aromatic N) is 3. The van der Waals surface area contributed by atoms with Crippen LogP contribution in [0.15, 0.2) is 42.0 Å². The van der Waals surface area contributed by atoms with Gasteiger partial charge >= 0.3 is 0 Å². The van der Waals surface area contributed by atoms with Crippen molar-refractivity contribution in [2.45, 2.75) is 18.9 Å². The normalized spacial score (nSPS) is 15.6. The molecule has 0 atom stereocenters. The van der Waals surface area contributed by atoms with E-state index < -0.39 is 0 Å². The number of ether oxygens (including phenoxy) is 1. The minimum atomic E-state index is 0.481. The number of aromatic nitrogens is 2. The average Bonchev–Trinajstić information content (AvgIpc) is 3.11. The maximum absolute atomic E-state index is 5.29. The minimum Gasteiger partial charge on any atom is -0.497 e. The van der Waals surface area contributed by atoms with Crippen molar-refractivity contribution >= 4 is 33.1 Å². The van der Waals surface area contributed by atoms with Crippen molar-refractivity contribution < 1.29 is 4.74 Å². The Balaban J connectivity index is 1.42. The lowest BCUT2D eigenvalue weighted by Crippen LogP contribution is -2.39. The Morgan fingerprint density at radius 1 is 1.21 bits per heavy atom. The highest BCUT2D eigenvalue weighted by molar-refractivity contribution is 7.17. The molecular weight excluding hydrogens is 320 g/mol. The van der Waals surface area contributed by atoms with Crippen LogP contribution in [0.25, 0.3) is 10.2 Å². The molecule has 0 amide bonds. The molecule has 1 aliphatic rings. The van der Waals surface area contributed by atoms with Gasteiger partial charge in [-0.3, -0.25) is 0 Å². The Morgan fingerprint density at radius 2 is 2.08 bits per heavy atom. The van der Waals surface area contributed by atoms with Crippen LogP contribution >= 0.6 is 11.3 Å². The highest BCUT2D eigenvalue weighted by Crippen LogP contribution is 2.30. The fraction of sp³-hybridized carbons (Fsp3) is 0.333. The van der Waals surface area contributed by atoms with Gasteiger partial charge in [0.2, 0.25) is 0 Å². The monoisotopic (exact) mass is 340 g/mol. The molecule has 3 heterocycles. The van der Waals surface area contributed by atoms with Crippen LogP contribution in [0.3, 0.4) is 0 Å². The molecule has 1 N–H and O–H groups in total. The Morgan fingerprint density at radius 3 is 2.92 bits per heavy atom. The third-order valence-corrected chi connectivity index (χ3v) is 5.36. The maximum Gasteiger partial charge on any atom is 0.150 e. The third-order valence-electron chi connectivity index (χ3n) is 4.46. The van der Waals surface area contributed by atoms with E-state index in [9.17, 15) is 0 Å². The summed E-state index contributed by atoms with van der Waals surface area (Å²) in [5, 5.41) is 5.71. The van der Waals surface area contributed by atoms with E-state index in [1.54, 1.807) is 24.8 Å². The quantitative estimate of drug-likeness (QED) is 0.783. The number of benzene rings is 1. The summed E-state index contributed by atoms with van der Waals surface area (Å²) in [5.74, 6) is 1.97. The number of fused-ring (bicyclic) bond motifs is 1. The smallest absolute Gasteiger partial charge is 0.150 e. The summed E-state index contributed by atoms with van der Waals surface area (Å²) in [7, 11) is 1.70. The molecule has 4 rings (SSSR count). The number of thiophene rings is 1. The zero-order valence-electron chi connectivity index (χ0n) is 13.6. The number of methoxy groups -OCH3 is 1. The molecule has 6 heteroatoms. The predicted molar refractivity (Wildman–Crippen MR) is 99.3 cm³/mol. The van der Waals surface area contributed by atoms with Crippen molar-refractivity contribution in [1.82, 2.24) is 9.97 Å². The van der Waals surface area contributed by atoms with Gasteiger partial charge in [0.15, 0.2) is 0 Å². The second-order valence-electron chi connectivity index (χ2n) is 5.97. The van der Waals surface area contributed by atoms with Gasteiger partial charge in [-0.05, 0) is 36.4 Å². The summed E-state index contributed by atoms with van der Waals surface area (Å²) < 4.78 is 6.48. The molecule has 124 valence electrons. The van der Waals surface area contributed by atoms with Gasteiger partial charge in [-0.2, -0.15) is 0 Å². The molecule has 2 aromatic heterocycles. The zero-order valence-corrected chi connectivity index (χ0v) is 14.4. The van der Waals surface area contributed by atoms with Crippen LogP contribution in [0.5, 0.6) is 5.75 Å². The van der Waals surface area contributed by atoms with Crippen molar-refractivity contribution in [3.8, 4) is 5.75 Å². The number of anilines is 2. The fourth-order valence-electron chi connectivity index (χ4n) is 3.19. The largest absolute Gasteiger partial charge is 0.497 e. The number of rotatable bonds is 4. The second-order valence-corrected chi connectivity index (χ2v) is 6.89. The van der Waals surface area contributed by atoms with Crippen LogP contribution in [-0.2, 0) is 0 Å². The molecule has 1 aliphatic heterocycles. The minimum absolute atomic E-state index is 0.481. The summed E-state index contributed by atoms with van der Waals surface area (Å²) in [6.07, 6.45) is 3.85. The Bertz CT molecular complexity index is 827. The Hall–Kier alpha value is -2.34. The molecular formula is C18H20N4OS. The topological polar surface area (TPSA) is 50.3 Å². The van der Waals surface area contributed by atoms with Crippen LogP contribution in [0.1, 0.15) is 12.8 Å². The van der Waals surface area contributed by atoms with E-state index in [4.69, 9.17) is 4.74 Å². The number of piperidine rings is 1. The first-order valence-corrected chi connectivity index (χ1v) is 9.05. The van der Waals surface area contributed by atoms with E-state index in [0.717, 1.165) is 48.7 Å². The lowest BCUT2D eigenvalue weighted by atomic mass is 10.0. The summed E-state index contributed by atoms with van der Waals surface area (Å²) in [5.41, 5.74) is 2.16. The van der Waals surface area contributed by atoms with Crippen LogP contribution in [0.4, 0.5) is 11.5 Å². The standard InChI is InChI=1S/C18H20N4OS/c1-23-15-4-2-3-14(11-15)21-13-5-8-22(9-6-13)18-17-16(7-10-24-17)19-12-20-18/h2-4,7,10-13,21H,5-6,8-9H2,1H3. The molecule has 0 spiro atoms.